The first-order valence-electron chi connectivity index (χ1n) is 9.25. The fourth-order valence-electron chi connectivity index (χ4n) is 2.98. The molecule has 1 atom stereocenters. The molecule has 1 aromatic heterocycles. The van der Waals surface area contributed by atoms with Crippen LogP contribution in [0.2, 0.25) is 0 Å². The molecule has 25 heavy (non-hydrogen) atoms. The van der Waals surface area contributed by atoms with E-state index in [1.54, 1.807) is 0 Å². The molecular weight excluding hydrogens is 308 g/mol. The van der Waals surface area contributed by atoms with Crippen LogP contribution < -0.4 is 4.74 Å². The van der Waals surface area contributed by atoms with Crippen molar-refractivity contribution in [1.82, 2.24) is 9.55 Å². The van der Waals surface area contributed by atoms with Crippen LogP contribution in [0.1, 0.15) is 51.4 Å². The second kappa shape index (κ2) is 7.73. The minimum absolute atomic E-state index is 0.492. The van der Waals surface area contributed by atoms with Crippen LogP contribution in [-0.2, 0) is 13.2 Å². The highest BCUT2D eigenvalue weighted by Crippen LogP contribution is 2.22. The summed E-state index contributed by atoms with van der Waals surface area (Å²) in [5.74, 6) is 3.04. The van der Waals surface area contributed by atoms with Gasteiger partial charge in [-0.1, -0.05) is 58.4 Å². The van der Waals surface area contributed by atoms with E-state index in [1.807, 2.05) is 6.07 Å². The van der Waals surface area contributed by atoms with E-state index in [4.69, 9.17) is 9.72 Å². The number of imidazole rings is 1. The average Bonchev–Trinajstić information content (AvgIpc) is 2.98. The fourth-order valence-corrected chi connectivity index (χ4v) is 2.98. The minimum Gasteiger partial charge on any atom is -0.486 e. The van der Waals surface area contributed by atoms with Crippen LogP contribution in [0, 0.1) is 5.92 Å². The van der Waals surface area contributed by atoms with Gasteiger partial charge in [-0.25, -0.2) is 4.98 Å². The maximum Gasteiger partial charge on any atom is 0.148 e. The summed E-state index contributed by atoms with van der Waals surface area (Å²) >= 11 is 0. The lowest BCUT2D eigenvalue weighted by molar-refractivity contribution is 0.286. The molecule has 0 amide bonds. The van der Waals surface area contributed by atoms with E-state index in [2.05, 4.69) is 74.7 Å². The Morgan fingerprint density at radius 1 is 1.00 bits per heavy atom. The van der Waals surface area contributed by atoms with Gasteiger partial charge in [0.25, 0.3) is 0 Å². The molecule has 0 bridgehead atoms. The van der Waals surface area contributed by atoms with Gasteiger partial charge in [-0.3, -0.25) is 0 Å². The Balaban J connectivity index is 1.81. The third-order valence-corrected chi connectivity index (χ3v) is 4.84. The number of para-hydroxylation sites is 2. The Hall–Kier alpha value is -2.29. The Kier molecular flexibility index (Phi) is 5.42. The second-order valence-electron chi connectivity index (χ2n) is 7.15. The molecule has 1 unspecified atom stereocenters. The molecule has 2 aromatic carbocycles. The fraction of sp³-hybridized carbons (Fsp3) is 0.409. The van der Waals surface area contributed by atoms with Gasteiger partial charge < -0.3 is 9.30 Å². The van der Waals surface area contributed by atoms with Crippen molar-refractivity contribution >= 4 is 11.0 Å². The van der Waals surface area contributed by atoms with Gasteiger partial charge in [-0.15, -0.1) is 0 Å². The predicted octanol–water partition coefficient (Wildman–Crippen LogP) is 5.78. The van der Waals surface area contributed by atoms with Gasteiger partial charge in [-0.2, -0.15) is 0 Å². The second-order valence-corrected chi connectivity index (χ2v) is 7.15. The molecule has 0 saturated carbocycles. The SMILES string of the molecule is CCC(C)Cn1c(COc2ccc(C(C)C)cc2)nc2ccccc21. The minimum atomic E-state index is 0.492. The van der Waals surface area contributed by atoms with Gasteiger partial charge >= 0.3 is 0 Å². The summed E-state index contributed by atoms with van der Waals surface area (Å²) in [4.78, 5) is 4.80. The van der Waals surface area contributed by atoms with E-state index in [0.717, 1.165) is 30.1 Å². The summed E-state index contributed by atoms with van der Waals surface area (Å²) in [6, 6.07) is 16.7. The maximum atomic E-state index is 6.03. The molecule has 3 rings (SSSR count). The van der Waals surface area contributed by atoms with Gasteiger partial charge in [0, 0.05) is 6.54 Å². The standard InChI is InChI=1S/C22H28N2O/c1-5-17(4)14-24-21-9-7-6-8-20(21)23-22(24)15-25-19-12-10-18(11-13-19)16(2)3/h6-13,16-17H,5,14-15H2,1-4H3. The van der Waals surface area contributed by atoms with Crippen molar-refractivity contribution in [2.24, 2.45) is 5.92 Å². The zero-order chi connectivity index (χ0) is 17.8. The van der Waals surface area contributed by atoms with Crippen molar-refractivity contribution in [3.63, 3.8) is 0 Å². The summed E-state index contributed by atoms with van der Waals surface area (Å²) in [6.07, 6.45) is 1.16. The van der Waals surface area contributed by atoms with E-state index in [-0.39, 0.29) is 0 Å². The third-order valence-electron chi connectivity index (χ3n) is 4.84. The number of hydrogen-bond donors (Lipinski definition) is 0. The zero-order valence-electron chi connectivity index (χ0n) is 15.7. The first-order valence-corrected chi connectivity index (χ1v) is 9.25. The highest BCUT2D eigenvalue weighted by molar-refractivity contribution is 5.75. The Morgan fingerprint density at radius 3 is 2.40 bits per heavy atom. The number of rotatable bonds is 7. The molecule has 0 aliphatic carbocycles. The van der Waals surface area contributed by atoms with Crippen molar-refractivity contribution in [2.75, 3.05) is 0 Å². The summed E-state index contributed by atoms with van der Waals surface area (Å²) < 4.78 is 8.34. The van der Waals surface area contributed by atoms with Crippen LogP contribution in [0.15, 0.2) is 48.5 Å². The first kappa shape index (κ1) is 17.5. The molecule has 132 valence electrons. The zero-order valence-corrected chi connectivity index (χ0v) is 15.7. The van der Waals surface area contributed by atoms with E-state index in [0.29, 0.717) is 18.4 Å². The molecule has 0 radical (unpaired) electrons. The normalized spacial score (nSPS) is 12.7. The number of benzene rings is 2. The van der Waals surface area contributed by atoms with Crippen LogP contribution >= 0.6 is 0 Å². The van der Waals surface area contributed by atoms with E-state index >= 15 is 0 Å². The molecular formula is C22H28N2O. The molecule has 1 heterocycles. The molecule has 0 fully saturated rings. The average molecular weight is 336 g/mol. The number of fused-ring (bicyclic) bond motifs is 1. The van der Waals surface area contributed by atoms with Crippen LogP contribution in [-0.4, -0.2) is 9.55 Å². The summed E-state index contributed by atoms with van der Waals surface area (Å²) in [5, 5.41) is 0. The number of hydrogen-bond acceptors (Lipinski definition) is 2. The third kappa shape index (κ3) is 4.04. The van der Waals surface area contributed by atoms with Crippen molar-refractivity contribution in [3.8, 4) is 5.75 Å². The van der Waals surface area contributed by atoms with Crippen LogP contribution in [0.25, 0.3) is 11.0 Å². The van der Waals surface area contributed by atoms with E-state index in [1.165, 1.54) is 11.1 Å². The summed E-state index contributed by atoms with van der Waals surface area (Å²) in [6.45, 7) is 10.4. The van der Waals surface area contributed by atoms with Gasteiger partial charge in [0.1, 0.15) is 18.2 Å². The molecule has 0 N–H and O–H groups in total. The maximum absolute atomic E-state index is 6.03. The number of ether oxygens (including phenoxy) is 1. The largest absolute Gasteiger partial charge is 0.486 e. The Labute approximate surface area is 150 Å². The summed E-state index contributed by atoms with van der Waals surface area (Å²) in [5.41, 5.74) is 3.56. The van der Waals surface area contributed by atoms with Gasteiger partial charge in [0.15, 0.2) is 0 Å². The van der Waals surface area contributed by atoms with Crippen molar-refractivity contribution in [3.05, 3.63) is 59.9 Å². The molecule has 0 aliphatic heterocycles. The summed E-state index contributed by atoms with van der Waals surface area (Å²) in [7, 11) is 0. The first-order chi connectivity index (χ1) is 12.1. The highest BCUT2D eigenvalue weighted by Gasteiger charge is 2.13. The smallest absolute Gasteiger partial charge is 0.148 e. The lowest BCUT2D eigenvalue weighted by Gasteiger charge is -2.14. The monoisotopic (exact) mass is 336 g/mol. The lowest BCUT2D eigenvalue weighted by atomic mass is 10.0. The Morgan fingerprint density at radius 2 is 1.72 bits per heavy atom. The van der Waals surface area contributed by atoms with Crippen LogP contribution in [0.3, 0.4) is 0 Å². The molecule has 0 aliphatic rings. The van der Waals surface area contributed by atoms with Gasteiger partial charge in [0.05, 0.1) is 11.0 Å². The number of nitrogens with zero attached hydrogens (tertiary/aromatic N) is 2. The van der Waals surface area contributed by atoms with Crippen LogP contribution in [0.4, 0.5) is 0 Å². The molecule has 0 spiro atoms. The molecule has 3 nitrogen and oxygen atoms in total. The van der Waals surface area contributed by atoms with Crippen molar-refractivity contribution in [2.45, 2.75) is 53.2 Å². The van der Waals surface area contributed by atoms with Crippen molar-refractivity contribution in [1.29, 1.82) is 0 Å². The predicted molar refractivity (Wildman–Crippen MR) is 104 cm³/mol. The molecule has 0 saturated heterocycles. The lowest BCUT2D eigenvalue weighted by Crippen LogP contribution is -2.12. The molecule has 3 aromatic rings. The highest BCUT2D eigenvalue weighted by atomic mass is 16.5. The van der Waals surface area contributed by atoms with Crippen molar-refractivity contribution < 1.29 is 4.74 Å². The Bertz CT molecular complexity index is 818. The topological polar surface area (TPSA) is 27.1 Å². The van der Waals surface area contributed by atoms with Gasteiger partial charge in [0.2, 0.25) is 0 Å². The quantitative estimate of drug-likeness (QED) is 0.546. The number of aromatic nitrogens is 2. The van der Waals surface area contributed by atoms with E-state index in [9.17, 15) is 0 Å². The molecule has 3 heteroatoms. The van der Waals surface area contributed by atoms with Gasteiger partial charge in [-0.05, 0) is 41.7 Å². The van der Waals surface area contributed by atoms with Crippen LogP contribution in [0.5, 0.6) is 5.75 Å². The van der Waals surface area contributed by atoms with E-state index < -0.39 is 0 Å².